The van der Waals surface area contributed by atoms with Crippen molar-refractivity contribution in [2.75, 3.05) is 13.6 Å². The number of nitrogens with one attached hydrogen (secondary N) is 2. The van der Waals surface area contributed by atoms with Crippen LogP contribution in [0.2, 0.25) is 0 Å². The molecule has 0 aliphatic carbocycles. The Morgan fingerprint density at radius 1 is 1.17 bits per heavy atom. The molecule has 0 aliphatic heterocycles. The number of aromatic nitrogens is 2. The van der Waals surface area contributed by atoms with Crippen molar-refractivity contribution in [2.45, 2.75) is 13.0 Å². The van der Waals surface area contributed by atoms with Crippen molar-refractivity contribution in [3.8, 4) is 5.69 Å². The van der Waals surface area contributed by atoms with E-state index in [1.165, 1.54) is 10.4 Å². The number of nitrogens with zero attached hydrogens (tertiary/aromatic N) is 3. The molecule has 0 bridgehead atoms. The maximum Gasteiger partial charge on any atom is 0.191 e. The van der Waals surface area contributed by atoms with Gasteiger partial charge < -0.3 is 10.6 Å². The van der Waals surface area contributed by atoms with Crippen LogP contribution in [0.3, 0.4) is 0 Å². The molecule has 6 heteroatoms. The zero-order valence-corrected chi connectivity index (χ0v) is 14.5. The van der Waals surface area contributed by atoms with Gasteiger partial charge in [0.1, 0.15) is 0 Å². The minimum Gasteiger partial charge on any atom is -0.356 e. The van der Waals surface area contributed by atoms with Crippen molar-refractivity contribution in [2.24, 2.45) is 4.99 Å². The first kappa shape index (κ1) is 16.3. The summed E-state index contributed by atoms with van der Waals surface area (Å²) in [5.74, 6) is 0.822. The molecule has 124 valence electrons. The average Bonchev–Trinajstić information content (AvgIpc) is 3.32. The minimum absolute atomic E-state index is 0.734. The summed E-state index contributed by atoms with van der Waals surface area (Å²) in [6.07, 6.45) is 4.73. The fourth-order valence-electron chi connectivity index (χ4n) is 2.35. The SMILES string of the molecule is CN=C(NCCc1cccs1)NCc1ccc(-n2cccn2)cc1. The van der Waals surface area contributed by atoms with E-state index in [0.29, 0.717) is 0 Å². The first-order valence-electron chi connectivity index (χ1n) is 7.91. The second kappa shape index (κ2) is 8.31. The van der Waals surface area contributed by atoms with Gasteiger partial charge in [0.05, 0.1) is 5.69 Å². The van der Waals surface area contributed by atoms with E-state index in [4.69, 9.17) is 0 Å². The summed E-state index contributed by atoms with van der Waals surface area (Å²) in [7, 11) is 1.79. The van der Waals surface area contributed by atoms with E-state index in [9.17, 15) is 0 Å². The number of hydrogen-bond donors (Lipinski definition) is 2. The van der Waals surface area contributed by atoms with Gasteiger partial charge in [-0.3, -0.25) is 4.99 Å². The molecule has 0 aliphatic rings. The van der Waals surface area contributed by atoms with Crippen molar-refractivity contribution in [1.82, 2.24) is 20.4 Å². The van der Waals surface area contributed by atoms with E-state index < -0.39 is 0 Å². The molecule has 0 unspecified atom stereocenters. The summed E-state index contributed by atoms with van der Waals surface area (Å²) < 4.78 is 1.85. The second-order valence-electron chi connectivity index (χ2n) is 5.30. The second-order valence-corrected chi connectivity index (χ2v) is 6.33. The van der Waals surface area contributed by atoms with E-state index in [0.717, 1.165) is 31.2 Å². The van der Waals surface area contributed by atoms with Crippen molar-refractivity contribution >= 4 is 17.3 Å². The van der Waals surface area contributed by atoms with Crippen LogP contribution in [-0.4, -0.2) is 29.3 Å². The maximum absolute atomic E-state index is 4.26. The quantitative estimate of drug-likeness (QED) is 0.536. The molecule has 0 fully saturated rings. The number of guanidine groups is 1. The number of rotatable bonds is 6. The molecule has 2 heterocycles. The molecule has 0 amide bonds. The van der Waals surface area contributed by atoms with Crippen LogP contribution in [0.4, 0.5) is 0 Å². The lowest BCUT2D eigenvalue weighted by atomic mass is 10.2. The summed E-state index contributed by atoms with van der Waals surface area (Å²) in [6.45, 7) is 1.61. The molecule has 0 atom stereocenters. The van der Waals surface area contributed by atoms with Crippen LogP contribution < -0.4 is 10.6 Å². The van der Waals surface area contributed by atoms with Gasteiger partial charge in [-0.1, -0.05) is 18.2 Å². The molecule has 0 saturated heterocycles. The molecule has 2 aromatic heterocycles. The predicted octanol–water partition coefficient (Wildman–Crippen LogP) is 2.84. The Kier molecular flexibility index (Phi) is 5.63. The normalized spacial score (nSPS) is 11.5. The van der Waals surface area contributed by atoms with Crippen molar-refractivity contribution in [1.29, 1.82) is 0 Å². The Morgan fingerprint density at radius 2 is 2.04 bits per heavy atom. The smallest absolute Gasteiger partial charge is 0.191 e. The monoisotopic (exact) mass is 339 g/mol. The van der Waals surface area contributed by atoms with Crippen molar-refractivity contribution in [3.63, 3.8) is 0 Å². The van der Waals surface area contributed by atoms with Gasteiger partial charge in [-0.25, -0.2) is 4.68 Å². The Bertz CT molecular complexity index is 745. The topological polar surface area (TPSA) is 54.2 Å². The first-order chi connectivity index (χ1) is 11.8. The Balaban J connectivity index is 1.46. The third-order valence-corrected chi connectivity index (χ3v) is 4.57. The fourth-order valence-corrected chi connectivity index (χ4v) is 3.06. The predicted molar refractivity (Wildman–Crippen MR) is 99.8 cm³/mol. The van der Waals surface area contributed by atoms with E-state index in [1.807, 2.05) is 16.9 Å². The van der Waals surface area contributed by atoms with Crippen molar-refractivity contribution < 1.29 is 0 Å². The van der Waals surface area contributed by atoms with Gasteiger partial charge in [-0.2, -0.15) is 5.10 Å². The lowest BCUT2D eigenvalue weighted by Gasteiger charge is -2.12. The van der Waals surface area contributed by atoms with E-state index >= 15 is 0 Å². The zero-order valence-electron chi connectivity index (χ0n) is 13.6. The van der Waals surface area contributed by atoms with Crippen molar-refractivity contribution in [3.05, 3.63) is 70.7 Å². The fraction of sp³-hybridized carbons (Fsp3) is 0.222. The number of aliphatic imine (C=N–C) groups is 1. The van der Waals surface area contributed by atoms with Gasteiger partial charge in [-0.05, 0) is 41.6 Å². The standard InChI is InChI=1S/C18H21N5S/c1-19-18(20-11-9-17-4-2-13-24-17)21-14-15-5-7-16(8-6-15)23-12-3-10-22-23/h2-8,10,12-13H,9,11,14H2,1H3,(H2,19,20,21). The van der Waals surface area contributed by atoms with Crippen LogP contribution >= 0.6 is 11.3 Å². The third-order valence-electron chi connectivity index (χ3n) is 3.63. The lowest BCUT2D eigenvalue weighted by Crippen LogP contribution is -2.37. The highest BCUT2D eigenvalue weighted by Crippen LogP contribution is 2.09. The molecular formula is C18H21N5S. The highest BCUT2D eigenvalue weighted by molar-refractivity contribution is 7.09. The minimum atomic E-state index is 0.734. The highest BCUT2D eigenvalue weighted by Gasteiger charge is 2.01. The van der Waals surface area contributed by atoms with Gasteiger partial charge in [-0.15, -0.1) is 11.3 Å². The molecule has 3 aromatic rings. The van der Waals surface area contributed by atoms with Gasteiger partial charge in [0, 0.05) is 37.4 Å². The number of hydrogen-bond acceptors (Lipinski definition) is 3. The van der Waals surface area contributed by atoms with Crippen LogP contribution in [0.15, 0.2) is 65.2 Å². The van der Waals surface area contributed by atoms with Crippen LogP contribution in [0.25, 0.3) is 5.69 Å². The van der Waals surface area contributed by atoms with E-state index in [1.54, 1.807) is 24.6 Å². The molecule has 5 nitrogen and oxygen atoms in total. The highest BCUT2D eigenvalue weighted by atomic mass is 32.1. The summed E-state index contributed by atoms with van der Waals surface area (Å²) in [5.41, 5.74) is 2.26. The molecule has 3 rings (SSSR count). The van der Waals surface area contributed by atoms with Gasteiger partial charge in [0.25, 0.3) is 0 Å². The maximum atomic E-state index is 4.26. The summed E-state index contributed by atoms with van der Waals surface area (Å²) in [5, 5.41) is 13.0. The molecule has 0 saturated carbocycles. The van der Waals surface area contributed by atoms with Gasteiger partial charge in [0.2, 0.25) is 0 Å². The molecule has 0 radical (unpaired) electrons. The Labute approximate surface area is 146 Å². The molecule has 1 aromatic carbocycles. The molecule has 24 heavy (non-hydrogen) atoms. The van der Waals surface area contributed by atoms with Crippen LogP contribution in [0.5, 0.6) is 0 Å². The number of benzene rings is 1. The number of thiophene rings is 1. The van der Waals surface area contributed by atoms with Crippen LogP contribution in [0.1, 0.15) is 10.4 Å². The third kappa shape index (κ3) is 4.45. The summed E-state index contributed by atoms with van der Waals surface area (Å²) in [4.78, 5) is 5.65. The largest absolute Gasteiger partial charge is 0.356 e. The van der Waals surface area contributed by atoms with E-state index in [-0.39, 0.29) is 0 Å². The molecule has 2 N–H and O–H groups in total. The zero-order chi connectivity index (χ0) is 16.6. The molecular weight excluding hydrogens is 318 g/mol. The van der Waals surface area contributed by atoms with Gasteiger partial charge >= 0.3 is 0 Å². The van der Waals surface area contributed by atoms with Crippen LogP contribution in [-0.2, 0) is 13.0 Å². The van der Waals surface area contributed by atoms with Crippen LogP contribution in [0, 0.1) is 0 Å². The molecule has 0 spiro atoms. The average molecular weight is 339 g/mol. The van der Waals surface area contributed by atoms with Gasteiger partial charge in [0.15, 0.2) is 5.96 Å². The summed E-state index contributed by atoms with van der Waals surface area (Å²) in [6, 6.07) is 14.5. The lowest BCUT2D eigenvalue weighted by molar-refractivity contribution is 0.798. The van der Waals surface area contributed by atoms with E-state index in [2.05, 4.69) is 62.5 Å². The Hall–Kier alpha value is -2.60. The Morgan fingerprint density at radius 3 is 2.71 bits per heavy atom. The summed E-state index contributed by atoms with van der Waals surface area (Å²) >= 11 is 1.79. The first-order valence-corrected chi connectivity index (χ1v) is 8.79.